The molecule has 0 radical (unpaired) electrons. The van der Waals surface area contributed by atoms with Crippen LogP contribution in [0.5, 0.6) is 0 Å². The fraction of sp³-hybridized carbons (Fsp3) is 0.926. The van der Waals surface area contributed by atoms with Crippen LogP contribution in [0, 0.1) is 0 Å². The van der Waals surface area contributed by atoms with Gasteiger partial charge in [-0.25, -0.2) is 0 Å². The van der Waals surface area contributed by atoms with Crippen molar-refractivity contribution in [3.8, 4) is 0 Å². The number of carbonyl (C=O) groups is 3. The average molecular weight is 1040 g/mol. The summed E-state index contributed by atoms with van der Waals surface area (Å²) in [5.41, 5.74) is 0. The highest BCUT2D eigenvalue weighted by Crippen LogP contribution is 2.18. The molecule has 0 bridgehead atoms. The van der Waals surface area contributed by atoms with E-state index in [1.54, 1.807) is 0 Å². The molecule has 0 aromatic rings. The van der Waals surface area contributed by atoms with Crippen LogP contribution in [0.4, 0.5) is 0 Å². The summed E-state index contributed by atoms with van der Waals surface area (Å²) in [6.45, 7) is 6.70. The summed E-state index contributed by atoms with van der Waals surface area (Å²) in [7, 11) is 0. The maximum atomic E-state index is 12.9. The Labute approximate surface area is 462 Å². The molecule has 0 saturated carbocycles. The molecular weight excluding hydrogens is 913 g/mol. The van der Waals surface area contributed by atoms with Gasteiger partial charge in [-0.2, -0.15) is 0 Å². The van der Waals surface area contributed by atoms with E-state index in [0.29, 0.717) is 19.3 Å². The predicted molar refractivity (Wildman–Crippen MR) is 321 cm³/mol. The lowest BCUT2D eigenvalue weighted by Gasteiger charge is -2.18. The topological polar surface area (TPSA) is 78.9 Å². The Morgan fingerprint density at radius 2 is 0.446 bits per heavy atom. The summed E-state index contributed by atoms with van der Waals surface area (Å²) in [6.07, 6.45) is 75.3. The normalized spacial score (nSPS) is 12.0. The number of allylic oxidation sites excluding steroid dienone is 2. The van der Waals surface area contributed by atoms with E-state index in [9.17, 15) is 14.4 Å². The molecule has 74 heavy (non-hydrogen) atoms. The SMILES string of the molecule is CCCCCCCCCC/C=C\CCCCCCCCCCCC(=O)OC(COC(=O)CCCCCCCCCCCC)COC(=O)CCCCCCCCCCCCCCCCCCCCCCCCCCC. The second-order valence-corrected chi connectivity index (χ2v) is 23.1. The Bertz CT molecular complexity index is 1150. The highest BCUT2D eigenvalue weighted by atomic mass is 16.6. The van der Waals surface area contributed by atoms with E-state index >= 15 is 0 Å². The van der Waals surface area contributed by atoms with Gasteiger partial charge in [0.05, 0.1) is 0 Å². The summed E-state index contributed by atoms with van der Waals surface area (Å²) >= 11 is 0. The summed E-state index contributed by atoms with van der Waals surface area (Å²) in [4.78, 5) is 38.3. The van der Waals surface area contributed by atoms with E-state index in [2.05, 4.69) is 32.9 Å². The summed E-state index contributed by atoms with van der Waals surface area (Å²) in [6, 6.07) is 0. The quantitative estimate of drug-likeness (QED) is 0.0261. The van der Waals surface area contributed by atoms with Crippen molar-refractivity contribution in [3.63, 3.8) is 0 Å². The third-order valence-corrected chi connectivity index (χ3v) is 15.5. The highest BCUT2D eigenvalue weighted by Gasteiger charge is 2.19. The lowest BCUT2D eigenvalue weighted by molar-refractivity contribution is -0.167. The molecule has 0 aliphatic rings. The molecule has 0 rings (SSSR count). The van der Waals surface area contributed by atoms with Crippen LogP contribution < -0.4 is 0 Å². The van der Waals surface area contributed by atoms with Gasteiger partial charge < -0.3 is 14.2 Å². The lowest BCUT2D eigenvalue weighted by Crippen LogP contribution is -2.30. The van der Waals surface area contributed by atoms with Gasteiger partial charge in [-0.3, -0.25) is 14.4 Å². The number of unbranched alkanes of at least 4 members (excludes halogenated alkanes) is 50. The molecule has 0 heterocycles. The number of hydrogen-bond acceptors (Lipinski definition) is 6. The van der Waals surface area contributed by atoms with E-state index in [1.165, 1.54) is 289 Å². The molecule has 0 aromatic heterocycles. The molecule has 1 atom stereocenters. The van der Waals surface area contributed by atoms with Crippen molar-refractivity contribution in [1.29, 1.82) is 0 Å². The first-order valence-corrected chi connectivity index (χ1v) is 33.7. The van der Waals surface area contributed by atoms with E-state index in [0.717, 1.165) is 57.8 Å². The zero-order valence-corrected chi connectivity index (χ0v) is 50.4. The fourth-order valence-corrected chi connectivity index (χ4v) is 10.4. The van der Waals surface area contributed by atoms with Gasteiger partial charge in [0.2, 0.25) is 0 Å². The molecule has 0 fully saturated rings. The Kier molecular flexibility index (Phi) is 62.1. The number of esters is 3. The van der Waals surface area contributed by atoms with Crippen LogP contribution in [0.3, 0.4) is 0 Å². The summed E-state index contributed by atoms with van der Waals surface area (Å²) in [5.74, 6) is -0.838. The van der Waals surface area contributed by atoms with Crippen molar-refractivity contribution in [1.82, 2.24) is 0 Å². The number of carbonyl (C=O) groups excluding carboxylic acids is 3. The Morgan fingerprint density at radius 1 is 0.257 bits per heavy atom. The fourth-order valence-electron chi connectivity index (χ4n) is 10.4. The number of ether oxygens (including phenoxy) is 3. The molecular formula is C68H130O6. The zero-order valence-electron chi connectivity index (χ0n) is 50.4. The minimum Gasteiger partial charge on any atom is -0.462 e. The van der Waals surface area contributed by atoms with Crippen LogP contribution in [0.2, 0.25) is 0 Å². The largest absolute Gasteiger partial charge is 0.462 e. The van der Waals surface area contributed by atoms with Crippen LogP contribution in [-0.4, -0.2) is 37.2 Å². The minimum atomic E-state index is -0.766. The molecule has 0 N–H and O–H groups in total. The molecule has 6 heteroatoms. The van der Waals surface area contributed by atoms with Crippen LogP contribution in [0.1, 0.15) is 387 Å². The predicted octanol–water partition coefficient (Wildman–Crippen LogP) is 22.8. The second-order valence-electron chi connectivity index (χ2n) is 23.1. The van der Waals surface area contributed by atoms with E-state index in [1.807, 2.05) is 0 Å². The first-order valence-electron chi connectivity index (χ1n) is 33.7. The lowest BCUT2D eigenvalue weighted by atomic mass is 10.0. The van der Waals surface area contributed by atoms with Gasteiger partial charge in [-0.1, -0.05) is 335 Å². The van der Waals surface area contributed by atoms with Gasteiger partial charge in [0.15, 0.2) is 6.10 Å². The second kappa shape index (κ2) is 63.7. The van der Waals surface area contributed by atoms with Crippen molar-refractivity contribution in [3.05, 3.63) is 12.2 Å². The summed E-state index contributed by atoms with van der Waals surface area (Å²) < 4.78 is 16.9. The van der Waals surface area contributed by atoms with E-state index in [4.69, 9.17) is 14.2 Å². The third kappa shape index (κ3) is 61.0. The van der Waals surface area contributed by atoms with Crippen LogP contribution in [0.15, 0.2) is 12.2 Å². The van der Waals surface area contributed by atoms with Crippen LogP contribution in [-0.2, 0) is 28.6 Å². The van der Waals surface area contributed by atoms with Crippen molar-refractivity contribution in [2.24, 2.45) is 0 Å². The van der Waals surface area contributed by atoms with E-state index < -0.39 is 6.10 Å². The molecule has 0 spiro atoms. The Morgan fingerprint density at radius 3 is 0.676 bits per heavy atom. The molecule has 0 aromatic carbocycles. The average Bonchev–Trinajstić information content (AvgIpc) is 3.40. The van der Waals surface area contributed by atoms with Gasteiger partial charge in [0, 0.05) is 19.3 Å². The number of hydrogen-bond donors (Lipinski definition) is 0. The molecule has 0 amide bonds. The monoisotopic (exact) mass is 1040 g/mol. The first-order chi connectivity index (χ1) is 36.5. The first kappa shape index (κ1) is 72.2. The smallest absolute Gasteiger partial charge is 0.306 e. The molecule has 0 aliphatic carbocycles. The molecule has 438 valence electrons. The highest BCUT2D eigenvalue weighted by molar-refractivity contribution is 5.71. The maximum Gasteiger partial charge on any atom is 0.306 e. The van der Waals surface area contributed by atoms with Crippen molar-refractivity contribution in [2.45, 2.75) is 393 Å². The maximum absolute atomic E-state index is 12.9. The van der Waals surface area contributed by atoms with Crippen LogP contribution in [0.25, 0.3) is 0 Å². The van der Waals surface area contributed by atoms with Crippen LogP contribution >= 0.6 is 0 Å². The van der Waals surface area contributed by atoms with Crippen molar-refractivity contribution >= 4 is 17.9 Å². The van der Waals surface area contributed by atoms with Gasteiger partial charge in [-0.15, -0.1) is 0 Å². The van der Waals surface area contributed by atoms with Crippen molar-refractivity contribution in [2.75, 3.05) is 13.2 Å². The van der Waals surface area contributed by atoms with Gasteiger partial charge in [0.1, 0.15) is 13.2 Å². The van der Waals surface area contributed by atoms with Gasteiger partial charge in [-0.05, 0) is 44.9 Å². The van der Waals surface area contributed by atoms with E-state index in [-0.39, 0.29) is 31.1 Å². The summed E-state index contributed by atoms with van der Waals surface area (Å²) in [5, 5.41) is 0. The molecule has 0 aliphatic heterocycles. The number of rotatable bonds is 63. The Balaban J connectivity index is 4.15. The molecule has 1 unspecified atom stereocenters. The zero-order chi connectivity index (χ0) is 53.6. The van der Waals surface area contributed by atoms with Gasteiger partial charge >= 0.3 is 17.9 Å². The molecule has 6 nitrogen and oxygen atoms in total. The Hall–Kier alpha value is -1.85. The van der Waals surface area contributed by atoms with Crippen molar-refractivity contribution < 1.29 is 28.6 Å². The van der Waals surface area contributed by atoms with Gasteiger partial charge in [0.25, 0.3) is 0 Å². The third-order valence-electron chi connectivity index (χ3n) is 15.5. The molecule has 0 saturated heterocycles. The standard InChI is InChI=1S/C68H130O6/c1-4-7-10-13-16-19-22-24-26-28-30-32-33-34-35-37-38-40-42-44-46-49-52-55-58-61-67(70)73-64-65(63-72-66(69)60-57-54-51-48-21-18-15-12-9-6-3)74-68(71)62-59-56-53-50-47-45-43-41-39-36-31-29-27-25-23-20-17-14-11-8-5-2/h29,31,65H,4-28,30,32-64H2,1-3H3/b31-29-. The minimum absolute atomic E-state index is 0.0643.